The maximum absolute atomic E-state index is 12.4. The molecule has 0 fully saturated rings. The molecule has 2 atom stereocenters. The molecule has 0 aromatic heterocycles. The largest absolute Gasteiger partial charge is 0.466 e. The van der Waals surface area contributed by atoms with Crippen LogP contribution in [0.5, 0.6) is 0 Å². The van der Waals surface area contributed by atoms with E-state index >= 15 is 0 Å². The van der Waals surface area contributed by atoms with Crippen molar-refractivity contribution in [1.29, 1.82) is 0 Å². The number of esters is 1. The number of amides is 1. The first-order chi connectivity index (χ1) is 28.0. The van der Waals surface area contributed by atoms with Crippen molar-refractivity contribution >= 4 is 11.9 Å². The summed E-state index contributed by atoms with van der Waals surface area (Å²) < 4.78 is 5.43. The third kappa shape index (κ3) is 43.5. The van der Waals surface area contributed by atoms with Crippen LogP contribution in [-0.4, -0.2) is 47.4 Å². The predicted molar refractivity (Wildman–Crippen MR) is 246 cm³/mol. The summed E-state index contributed by atoms with van der Waals surface area (Å²) in [5, 5.41) is 23.1. The molecule has 0 saturated carbocycles. The van der Waals surface area contributed by atoms with Crippen LogP contribution in [0.3, 0.4) is 0 Å². The van der Waals surface area contributed by atoms with Gasteiger partial charge >= 0.3 is 5.97 Å². The van der Waals surface area contributed by atoms with Gasteiger partial charge in [0.1, 0.15) is 0 Å². The number of hydrogen-bond acceptors (Lipinski definition) is 5. The minimum Gasteiger partial charge on any atom is -0.466 e. The first-order valence-electron chi connectivity index (χ1n) is 24.7. The summed E-state index contributed by atoms with van der Waals surface area (Å²) in [5.41, 5.74) is 0. The van der Waals surface area contributed by atoms with Crippen LogP contribution in [0, 0.1) is 0 Å². The molecule has 0 aromatic carbocycles. The van der Waals surface area contributed by atoms with E-state index in [1.165, 1.54) is 161 Å². The second-order valence-corrected chi connectivity index (χ2v) is 16.8. The Balaban J connectivity index is 3.57. The smallest absolute Gasteiger partial charge is 0.305 e. The van der Waals surface area contributed by atoms with Gasteiger partial charge in [-0.05, 0) is 70.6 Å². The third-order valence-corrected chi connectivity index (χ3v) is 11.2. The molecule has 0 rings (SSSR count). The van der Waals surface area contributed by atoms with Gasteiger partial charge in [-0.1, -0.05) is 204 Å². The lowest BCUT2D eigenvalue weighted by molar-refractivity contribution is -0.143. The van der Waals surface area contributed by atoms with Crippen molar-refractivity contribution < 1.29 is 24.5 Å². The molecule has 0 aliphatic carbocycles. The monoisotopic (exact) mass is 802 g/mol. The van der Waals surface area contributed by atoms with Crippen LogP contribution in [0.4, 0.5) is 0 Å². The highest BCUT2D eigenvalue weighted by atomic mass is 16.5. The number of allylic oxidation sites excluding steroid dienone is 6. The minimum atomic E-state index is -0.698. The van der Waals surface area contributed by atoms with Gasteiger partial charge < -0.3 is 20.3 Å². The lowest BCUT2D eigenvalue weighted by Crippen LogP contribution is -2.45. The predicted octanol–water partition coefficient (Wildman–Crippen LogP) is 14.5. The molecular formula is C51H95NO5. The van der Waals surface area contributed by atoms with E-state index in [-0.39, 0.29) is 18.5 Å². The SMILES string of the molecule is CCCCCC/C=C\CCCCCCCC(=O)OCCCCCCCC/C=C\C/C=C\CCC(=O)NC(CO)C(O)CCCCCCCCCCCCCCCC. The van der Waals surface area contributed by atoms with E-state index in [0.29, 0.717) is 32.3 Å². The van der Waals surface area contributed by atoms with E-state index in [1.54, 1.807) is 0 Å². The zero-order valence-corrected chi connectivity index (χ0v) is 37.8. The van der Waals surface area contributed by atoms with Crippen LogP contribution < -0.4 is 5.32 Å². The normalized spacial score (nSPS) is 13.0. The van der Waals surface area contributed by atoms with Gasteiger partial charge in [0.2, 0.25) is 5.91 Å². The highest BCUT2D eigenvalue weighted by molar-refractivity contribution is 5.76. The van der Waals surface area contributed by atoms with Crippen LogP contribution in [0.2, 0.25) is 0 Å². The highest BCUT2D eigenvalue weighted by Crippen LogP contribution is 2.15. The fourth-order valence-electron chi connectivity index (χ4n) is 7.33. The van der Waals surface area contributed by atoms with Crippen LogP contribution in [0.25, 0.3) is 0 Å². The molecule has 3 N–H and O–H groups in total. The van der Waals surface area contributed by atoms with E-state index in [1.807, 2.05) is 6.08 Å². The van der Waals surface area contributed by atoms with Gasteiger partial charge in [-0.25, -0.2) is 0 Å². The number of carbonyl (C=O) groups excluding carboxylic acids is 2. The summed E-state index contributed by atoms with van der Waals surface area (Å²) in [7, 11) is 0. The molecule has 2 unspecified atom stereocenters. The Morgan fingerprint density at radius 3 is 1.40 bits per heavy atom. The van der Waals surface area contributed by atoms with Crippen molar-refractivity contribution in [3.63, 3.8) is 0 Å². The molecule has 0 aliphatic heterocycles. The fraction of sp³-hybridized carbons (Fsp3) is 0.843. The Labute approximate surface area is 353 Å². The molecule has 1 amide bonds. The zero-order chi connectivity index (χ0) is 41.5. The number of carbonyl (C=O) groups is 2. The third-order valence-electron chi connectivity index (χ3n) is 11.2. The number of nitrogens with one attached hydrogen (secondary N) is 1. The molecule has 6 heteroatoms. The molecule has 0 saturated heterocycles. The van der Waals surface area contributed by atoms with Gasteiger partial charge in [-0.15, -0.1) is 0 Å². The maximum atomic E-state index is 12.4. The Hall–Kier alpha value is -1.92. The Morgan fingerprint density at radius 1 is 0.491 bits per heavy atom. The lowest BCUT2D eigenvalue weighted by Gasteiger charge is -2.22. The summed E-state index contributed by atoms with van der Waals surface area (Å²) in [6.45, 7) is 4.86. The number of aliphatic hydroxyl groups is 2. The number of ether oxygens (including phenoxy) is 1. The van der Waals surface area contributed by atoms with Gasteiger partial charge in [0.15, 0.2) is 0 Å². The van der Waals surface area contributed by atoms with Crippen molar-refractivity contribution in [2.75, 3.05) is 13.2 Å². The first kappa shape index (κ1) is 55.1. The van der Waals surface area contributed by atoms with Gasteiger partial charge in [-0.2, -0.15) is 0 Å². The number of aliphatic hydroxyl groups excluding tert-OH is 2. The van der Waals surface area contributed by atoms with E-state index in [4.69, 9.17) is 4.74 Å². The van der Waals surface area contributed by atoms with Gasteiger partial charge in [0.05, 0.1) is 25.4 Å². The molecule has 334 valence electrons. The van der Waals surface area contributed by atoms with Crippen LogP contribution >= 0.6 is 0 Å². The highest BCUT2D eigenvalue weighted by Gasteiger charge is 2.19. The molecule has 57 heavy (non-hydrogen) atoms. The summed E-state index contributed by atoms with van der Waals surface area (Å²) in [6, 6.07) is -0.585. The number of unbranched alkanes of at least 4 members (excludes halogenated alkanes) is 28. The second-order valence-electron chi connectivity index (χ2n) is 16.8. The summed E-state index contributed by atoms with van der Waals surface area (Å²) >= 11 is 0. The molecular weight excluding hydrogens is 707 g/mol. The Bertz CT molecular complexity index is 931. The van der Waals surface area contributed by atoms with E-state index < -0.39 is 12.1 Å². The molecule has 0 bridgehead atoms. The quantitative estimate of drug-likeness (QED) is 0.0324. The van der Waals surface area contributed by atoms with Gasteiger partial charge in [0.25, 0.3) is 0 Å². The molecule has 0 spiro atoms. The van der Waals surface area contributed by atoms with Crippen molar-refractivity contribution in [3.05, 3.63) is 36.5 Å². The van der Waals surface area contributed by atoms with Crippen LogP contribution in [0.15, 0.2) is 36.5 Å². The summed E-state index contributed by atoms with van der Waals surface area (Å²) in [5.74, 6) is -0.144. The van der Waals surface area contributed by atoms with Gasteiger partial charge in [-0.3, -0.25) is 9.59 Å². The fourth-order valence-corrected chi connectivity index (χ4v) is 7.33. The Morgan fingerprint density at radius 2 is 0.895 bits per heavy atom. The standard InChI is InChI=1S/C51H95NO5/c1-3-5-7-9-11-13-15-17-20-23-27-31-35-39-43-49(54)48(47-53)52-50(55)44-40-36-32-28-24-21-18-22-26-30-34-38-42-46-57-51(56)45-41-37-33-29-25-19-16-14-12-10-8-6-4-2/h14,16,21,24,32,36,48-49,53-54H,3-13,15,17-20,22-23,25-31,33-35,37-47H2,1-2H3,(H,52,55)/b16-14-,24-21-,36-32-. The maximum Gasteiger partial charge on any atom is 0.305 e. The average Bonchev–Trinajstić information content (AvgIpc) is 3.21. The molecule has 0 aromatic rings. The number of hydrogen-bond donors (Lipinski definition) is 3. The zero-order valence-electron chi connectivity index (χ0n) is 37.8. The molecule has 6 nitrogen and oxygen atoms in total. The minimum absolute atomic E-state index is 0.0269. The van der Waals surface area contributed by atoms with Crippen LogP contribution in [0.1, 0.15) is 251 Å². The topological polar surface area (TPSA) is 95.9 Å². The molecule has 0 heterocycles. The lowest BCUT2D eigenvalue weighted by atomic mass is 10.0. The Kier molecular flexibility index (Phi) is 45.2. The van der Waals surface area contributed by atoms with Crippen molar-refractivity contribution in [2.24, 2.45) is 0 Å². The average molecular weight is 802 g/mol. The van der Waals surface area contributed by atoms with Crippen molar-refractivity contribution in [2.45, 2.75) is 264 Å². The van der Waals surface area contributed by atoms with E-state index in [9.17, 15) is 19.8 Å². The number of rotatable bonds is 45. The van der Waals surface area contributed by atoms with E-state index in [0.717, 1.165) is 51.4 Å². The van der Waals surface area contributed by atoms with Crippen LogP contribution in [-0.2, 0) is 14.3 Å². The molecule has 0 radical (unpaired) electrons. The van der Waals surface area contributed by atoms with E-state index in [2.05, 4.69) is 49.5 Å². The second kappa shape index (κ2) is 46.8. The van der Waals surface area contributed by atoms with Gasteiger partial charge in [0, 0.05) is 12.8 Å². The summed E-state index contributed by atoms with van der Waals surface area (Å²) in [4.78, 5) is 24.4. The molecule has 0 aliphatic rings. The van der Waals surface area contributed by atoms with Crippen molar-refractivity contribution in [1.82, 2.24) is 5.32 Å². The summed E-state index contributed by atoms with van der Waals surface area (Å²) in [6.07, 6.45) is 55.5. The first-order valence-corrected chi connectivity index (χ1v) is 24.7. The van der Waals surface area contributed by atoms with Crippen molar-refractivity contribution in [3.8, 4) is 0 Å².